The quantitative estimate of drug-likeness (QED) is 0.168. The first-order valence-corrected chi connectivity index (χ1v) is 18.2. The zero-order chi connectivity index (χ0) is 36.3. The normalized spacial score (nSPS) is 15.6. The van der Waals surface area contributed by atoms with Crippen molar-refractivity contribution in [1.29, 1.82) is 0 Å². The van der Waals surface area contributed by atoms with Gasteiger partial charge in [-0.15, -0.1) is 0 Å². The molecule has 5 heterocycles. The molecule has 0 saturated carbocycles. The van der Waals surface area contributed by atoms with E-state index >= 15 is 0 Å². The SMILES string of the molecule is [C-]#[N+]c1ccc2c(c1)c1ccccc1n2-c1cccc2c1C1(c3ccccc3O2)c2cccnc2-c2ncc(N3c4ccccc4Oc4ccccc43)cc21. The molecule has 0 N–H and O–H groups in total. The molecule has 0 saturated heterocycles. The maximum absolute atomic E-state index is 7.79. The van der Waals surface area contributed by atoms with Gasteiger partial charge >= 0.3 is 0 Å². The Kier molecular flexibility index (Phi) is 5.92. The largest absolute Gasteiger partial charge is 0.457 e. The number of hydrogen-bond donors (Lipinski definition) is 0. The van der Waals surface area contributed by atoms with Crippen LogP contribution in [0.2, 0.25) is 0 Å². The predicted molar refractivity (Wildman–Crippen MR) is 215 cm³/mol. The van der Waals surface area contributed by atoms with Gasteiger partial charge < -0.3 is 18.9 Å². The van der Waals surface area contributed by atoms with E-state index in [1.165, 1.54) is 0 Å². The molecular formula is C48H27N5O2. The zero-order valence-electron chi connectivity index (χ0n) is 29.1. The molecule has 1 unspecified atom stereocenters. The second kappa shape index (κ2) is 10.9. The number of ether oxygens (including phenoxy) is 2. The van der Waals surface area contributed by atoms with E-state index in [0.717, 1.165) is 101 Å². The van der Waals surface area contributed by atoms with Gasteiger partial charge in [0.25, 0.3) is 0 Å². The van der Waals surface area contributed by atoms with E-state index in [-0.39, 0.29) is 0 Å². The number of rotatable bonds is 2. The summed E-state index contributed by atoms with van der Waals surface area (Å²) in [5.74, 6) is 3.09. The minimum Gasteiger partial charge on any atom is -0.457 e. The third-order valence-electron chi connectivity index (χ3n) is 11.3. The topological polar surface area (TPSA) is 56.8 Å². The molecule has 0 bridgehead atoms. The average Bonchev–Trinajstić information content (AvgIpc) is 3.72. The van der Waals surface area contributed by atoms with Crippen LogP contribution in [0.1, 0.15) is 22.3 Å². The van der Waals surface area contributed by atoms with Crippen LogP contribution in [0.15, 0.2) is 164 Å². The Hall–Kier alpha value is -7.69. The van der Waals surface area contributed by atoms with E-state index in [9.17, 15) is 0 Å². The molecule has 9 aromatic rings. The van der Waals surface area contributed by atoms with Crippen LogP contribution in [0.5, 0.6) is 23.0 Å². The Bertz CT molecular complexity index is 3110. The summed E-state index contributed by atoms with van der Waals surface area (Å²) in [6.07, 6.45) is 3.81. The number of para-hydroxylation sites is 6. The molecule has 256 valence electrons. The molecule has 0 radical (unpaired) electrons. The first-order valence-electron chi connectivity index (χ1n) is 18.2. The zero-order valence-corrected chi connectivity index (χ0v) is 29.1. The van der Waals surface area contributed by atoms with Gasteiger partial charge in [0.15, 0.2) is 17.2 Å². The van der Waals surface area contributed by atoms with Crippen LogP contribution in [0.4, 0.5) is 22.7 Å². The maximum Gasteiger partial charge on any atom is 0.188 e. The van der Waals surface area contributed by atoms with Crippen molar-refractivity contribution in [2.24, 2.45) is 0 Å². The molecule has 2 aliphatic heterocycles. The molecule has 3 aromatic heterocycles. The van der Waals surface area contributed by atoms with E-state index < -0.39 is 5.41 Å². The summed E-state index contributed by atoms with van der Waals surface area (Å²) < 4.78 is 15.7. The van der Waals surface area contributed by atoms with Crippen LogP contribution in [0.25, 0.3) is 43.7 Å². The van der Waals surface area contributed by atoms with E-state index in [0.29, 0.717) is 5.69 Å². The van der Waals surface area contributed by atoms with Crippen LogP contribution in [-0.4, -0.2) is 14.5 Å². The molecule has 6 aromatic carbocycles. The minimum atomic E-state index is -0.873. The lowest BCUT2D eigenvalue weighted by molar-refractivity contribution is 0.435. The van der Waals surface area contributed by atoms with Gasteiger partial charge in [-0.1, -0.05) is 78.9 Å². The third-order valence-corrected chi connectivity index (χ3v) is 11.3. The van der Waals surface area contributed by atoms with Crippen molar-refractivity contribution in [3.63, 3.8) is 0 Å². The second-order valence-electron chi connectivity index (χ2n) is 14.0. The lowest BCUT2D eigenvalue weighted by Gasteiger charge is -2.40. The summed E-state index contributed by atoms with van der Waals surface area (Å²) in [7, 11) is 0. The highest BCUT2D eigenvalue weighted by Gasteiger charge is 2.54. The van der Waals surface area contributed by atoms with E-state index in [2.05, 4.69) is 105 Å². The van der Waals surface area contributed by atoms with Crippen LogP contribution in [0, 0.1) is 6.57 Å². The summed E-state index contributed by atoms with van der Waals surface area (Å²) in [6, 6.07) is 51.8. The standard InChI is InChI=1S/C48H27N5O2/c1-49-29-23-24-37-32(26-29)31-12-2-4-15-36(31)53(37)40-18-10-22-44-45(40)48(33-13-3-7-19-41(33)54-44)34-14-11-25-50-46(34)47-35(48)27-30(28-51-47)52-38-16-5-8-20-42(38)55-43-21-9-6-17-39(43)52/h2-28H. The molecule has 1 atom stereocenters. The molecular weight excluding hydrogens is 679 g/mol. The van der Waals surface area contributed by atoms with Crippen molar-refractivity contribution in [2.45, 2.75) is 5.41 Å². The summed E-state index contributed by atoms with van der Waals surface area (Å²) in [6.45, 7) is 7.79. The fraction of sp³-hybridized carbons (Fsp3) is 0.0208. The second-order valence-corrected chi connectivity index (χ2v) is 14.0. The summed E-state index contributed by atoms with van der Waals surface area (Å²) in [5, 5.41) is 2.10. The molecule has 1 aliphatic carbocycles. The van der Waals surface area contributed by atoms with Crippen LogP contribution >= 0.6 is 0 Å². The van der Waals surface area contributed by atoms with Gasteiger partial charge in [-0.05, 0) is 83.7 Å². The van der Waals surface area contributed by atoms with E-state index in [1.54, 1.807) is 0 Å². The lowest BCUT2D eigenvalue weighted by Crippen LogP contribution is -2.34. The molecule has 7 nitrogen and oxygen atoms in total. The molecule has 0 amide bonds. The average molecular weight is 706 g/mol. The molecule has 7 heteroatoms. The summed E-state index contributed by atoms with van der Waals surface area (Å²) in [5.41, 5.74) is 11.3. The van der Waals surface area contributed by atoms with Crippen molar-refractivity contribution in [2.75, 3.05) is 4.90 Å². The van der Waals surface area contributed by atoms with Gasteiger partial charge in [0.05, 0.1) is 63.4 Å². The first kappa shape index (κ1) is 29.8. The summed E-state index contributed by atoms with van der Waals surface area (Å²) in [4.78, 5) is 16.4. The number of nitrogens with zero attached hydrogens (tertiary/aromatic N) is 5. The van der Waals surface area contributed by atoms with Gasteiger partial charge in [0.2, 0.25) is 0 Å². The van der Waals surface area contributed by atoms with Crippen molar-refractivity contribution >= 4 is 44.6 Å². The molecule has 12 rings (SSSR count). The smallest absolute Gasteiger partial charge is 0.188 e. The van der Waals surface area contributed by atoms with Crippen molar-refractivity contribution < 1.29 is 9.47 Å². The lowest BCUT2D eigenvalue weighted by atomic mass is 9.65. The van der Waals surface area contributed by atoms with Crippen molar-refractivity contribution in [3.8, 4) is 40.1 Å². The number of fused-ring (bicyclic) bond motifs is 14. The maximum atomic E-state index is 7.79. The number of pyridine rings is 2. The van der Waals surface area contributed by atoms with E-state index in [4.69, 9.17) is 26.0 Å². The minimum absolute atomic E-state index is 0.605. The fourth-order valence-corrected chi connectivity index (χ4v) is 9.21. The molecule has 0 fully saturated rings. The van der Waals surface area contributed by atoms with Gasteiger partial charge in [0, 0.05) is 28.3 Å². The monoisotopic (exact) mass is 705 g/mol. The van der Waals surface area contributed by atoms with Crippen LogP contribution in [-0.2, 0) is 5.41 Å². The van der Waals surface area contributed by atoms with Gasteiger partial charge in [-0.3, -0.25) is 9.97 Å². The Morgan fingerprint density at radius 3 is 2.02 bits per heavy atom. The Labute approximate surface area is 315 Å². The van der Waals surface area contributed by atoms with Crippen molar-refractivity contribution in [1.82, 2.24) is 14.5 Å². The van der Waals surface area contributed by atoms with Crippen molar-refractivity contribution in [3.05, 3.63) is 198 Å². The Morgan fingerprint density at radius 2 is 1.18 bits per heavy atom. The number of aromatic nitrogens is 3. The third kappa shape index (κ3) is 3.87. The number of hydrogen-bond acceptors (Lipinski definition) is 5. The van der Waals surface area contributed by atoms with Crippen LogP contribution < -0.4 is 14.4 Å². The summed E-state index contributed by atoms with van der Waals surface area (Å²) >= 11 is 0. The van der Waals surface area contributed by atoms with Gasteiger partial charge in [-0.2, -0.15) is 0 Å². The highest BCUT2D eigenvalue weighted by atomic mass is 16.5. The first-order chi connectivity index (χ1) is 27.2. The Morgan fingerprint density at radius 1 is 0.527 bits per heavy atom. The molecule has 3 aliphatic rings. The molecule has 55 heavy (non-hydrogen) atoms. The van der Waals surface area contributed by atoms with Crippen LogP contribution in [0.3, 0.4) is 0 Å². The predicted octanol–water partition coefficient (Wildman–Crippen LogP) is 12.2. The fourth-order valence-electron chi connectivity index (χ4n) is 9.21. The van der Waals surface area contributed by atoms with Gasteiger partial charge in [0.1, 0.15) is 11.5 Å². The Balaban J connectivity index is 1.22. The number of benzene rings is 6. The van der Waals surface area contributed by atoms with E-state index in [1.807, 2.05) is 73.1 Å². The molecule has 1 spiro atoms. The highest BCUT2D eigenvalue weighted by Crippen LogP contribution is 2.63. The highest BCUT2D eigenvalue weighted by molar-refractivity contribution is 6.10. The number of anilines is 3. The van der Waals surface area contributed by atoms with Gasteiger partial charge in [-0.25, -0.2) is 4.85 Å².